The number of rotatable bonds is 7. The van der Waals surface area contributed by atoms with Gasteiger partial charge >= 0.3 is 0 Å². The summed E-state index contributed by atoms with van der Waals surface area (Å²) in [6.07, 6.45) is 3.79. The average Bonchev–Trinajstić information content (AvgIpc) is 3.26. The van der Waals surface area contributed by atoms with Crippen molar-refractivity contribution in [1.82, 2.24) is 20.4 Å². The number of fused-ring (bicyclic) bond motifs is 1. The molecule has 6 heteroatoms. The van der Waals surface area contributed by atoms with E-state index in [1.165, 1.54) is 0 Å². The normalized spacial score (nSPS) is 13.1. The Hall–Kier alpha value is -2.76. The van der Waals surface area contributed by atoms with Crippen molar-refractivity contribution in [3.63, 3.8) is 0 Å². The zero-order valence-electron chi connectivity index (χ0n) is 15.7. The second kappa shape index (κ2) is 8.56. The number of aliphatic imine (C=N–C) groups is 1. The Morgan fingerprint density at radius 3 is 2.85 bits per heavy atom. The molecule has 0 saturated heterocycles. The molecule has 0 fully saturated rings. The molecule has 2 aromatic heterocycles. The van der Waals surface area contributed by atoms with Crippen LogP contribution in [0.1, 0.15) is 25.2 Å². The molecule has 138 valence electrons. The van der Waals surface area contributed by atoms with Crippen molar-refractivity contribution in [3.05, 3.63) is 54.0 Å². The Morgan fingerprint density at radius 2 is 2.12 bits per heavy atom. The Labute approximate surface area is 154 Å². The fraction of sp³-hybridized carbons (Fsp3) is 0.400. The quantitative estimate of drug-likeness (QED) is 0.505. The maximum atomic E-state index is 5.95. The number of furan rings is 1. The highest BCUT2D eigenvalue weighted by atomic mass is 16.3. The van der Waals surface area contributed by atoms with Gasteiger partial charge in [0, 0.05) is 43.0 Å². The van der Waals surface area contributed by atoms with Gasteiger partial charge in [0.1, 0.15) is 17.9 Å². The first-order chi connectivity index (χ1) is 12.7. The fourth-order valence-electron chi connectivity index (χ4n) is 2.93. The Kier molecular flexibility index (Phi) is 5.94. The summed E-state index contributed by atoms with van der Waals surface area (Å²) < 4.78 is 7.90. The van der Waals surface area contributed by atoms with Crippen molar-refractivity contribution in [1.29, 1.82) is 0 Å². The monoisotopic (exact) mass is 353 g/mol. The molecule has 1 unspecified atom stereocenters. The minimum absolute atomic E-state index is 0.437. The van der Waals surface area contributed by atoms with E-state index < -0.39 is 0 Å². The largest absolute Gasteiger partial charge is 0.459 e. The van der Waals surface area contributed by atoms with Crippen LogP contribution in [0.15, 0.2) is 52.1 Å². The van der Waals surface area contributed by atoms with Crippen molar-refractivity contribution in [2.75, 3.05) is 13.1 Å². The predicted molar refractivity (Wildman–Crippen MR) is 105 cm³/mol. The average molecular weight is 353 g/mol. The van der Waals surface area contributed by atoms with Gasteiger partial charge in [-0.3, -0.25) is 4.68 Å². The Bertz CT molecular complexity index is 850. The van der Waals surface area contributed by atoms with Gasteiger partial charge in [0.2, 0.25) is 0 Å². The number of para-hydroxylation sites is 1. The zero-order valence-corrected chi connectivity index (χ0v) is 15.7. The molecule has 0 aliphatic carbocycles. The first-order valence-electron chi connectivity index (χ1n) is 9.14. The van der Waals surface area contributed by atoms with E-state index >= 15 is 0 Å². The van der Waals surface area contributed by atoms with Gasteiger partial charge in [-0.25, -0.2) is 4.99 Å². The van der Waals surface area contributed by atoms with Crippen LogP contribution in [0.25, 0.3) is 11.0 Å². The fourth-order valence-corrected chi connectivity index (χ4v) is 2.93. The lowest BCUT2D eigenvalue weighted by molar-refractivity contribution is 0.443. The smallest absolute Gasteiger partial charge is 0.191 e. The van der Waals surface area contributed by atoms with Crippen LogP contribution in [-0.2, 0) is 13.1 Å². The molecule has 2 heterocycles. The lowest BCUT2D eigenvalue weighted by Crippen LogP contribution is -2.40. The van der Waals surface area contributed by atoms with Crippen molar-refractivity contribution < 1.29 is 4.42 Å². The van der Waals surface area contributed by atoms with E-state index in [1.807, 2.05) is 35.1 Å². The summed E-state index contributed by atoms with van der Waals surface area (Å²) in [5, 5.41) is 12.1. The van der Waals surface area contributed by atoms with Gasteiger partial charge in [0.15, 0.2) is 5.96 Å². The van der Waals surface area contributed by atoms with Crippen molar-refractivity contribution in [2.45, 2.75) is 33.9 Å². The van der Waals surface area contributed by atoms with Crippen LogP contribution < -0.4 is 10.6 Å². The molecule has 1 atom stereocenters. The van der Waals surface area contributed by atoms with E-state index in [9.17, 15) is 0 Å². The van der Waals surface area contributed by atoms with Crippen LogP contribution in [0.5, 0.6) is 0 Å². The molecule has 0 aliphatic heterocycles. The maximum absolute atomic E-state index is 5.95. The summed E-state index contributed by atoms with van der Waals surface area (Å²) in [5.41, 5.74) is 2.08. The molecule has 0 spiro atoms. The second-order valence-electron chi connectivity index (χ2n) is 6.56. The number of aryl methyl sites for hydroxylation is 1. The Morgan fingerprint density at radius 1 is 1.27 bits per heavy atom. The summed E-state index contributed by atoms with van der Waals surface area (Å²) in [7, 11) is 0. The molecule has 3 aromatic rings. The third-order valence-electron chi connectivity index (χ3n) is 4.34. The van der Waals surface area contributed by atoms with Gasteiger partial charge in [-0.1, -0.05) is 25.1 Å². The summed E-state index contributed by atoms with van der Waals surface area (Å²) in [6.45, 7) is 9.39. The highest BCUT2D eigenvalue weighted by molar-refractivity contribution is 5.82. The van der Waals surface area contributed by atoms with Crippen LogP contribution in [0.3, 0.4) is 0 Å². The van der Waals surface area contributed by atoms with Gasteiger partial charge in [-0.2, -0.15) is 5.10 Å². The minimum Gasteiger partial charge on any atom is -0.459 e. The molecule has 6 nitrogen and oxygen atoms in total. The molecule has 0 saturated carbocycles. The summed E-state index contributed by atoms with van der Waals surface area (Å²) in [6, 6.07) is 10.1. The van der Waals surface area contributed by atoms with Crippen LogP contribution in [0.4, 0.5) is 0 Å². The van der Waals surface area contributed by atoms with Crippen molar-refractivity contribution in [2.24, 2.45) is 10.9 Å². The number of hydrogen-bond donors (Lipinski definition) is 2. The number of nitrogens with zero attached hydrogens (tertiary/aromatic N) is 3. The van der Waals surface area contributed by atoms with Gasteiger partial charge in [-0.15, -0.1) is 0 Å². The van der Waals surface area contributed by atoms with Crippen molar-refractivity contribution in [3.8, 4) is 0 Å². The van der Waals surface area contributed by atoms with Gasteiger partial charge in [0.05, 0.1) is 0 Å². The number of nitrogens with one attached hydrogen (secondary N) is 2. The van der Waals surface area contributed by atoms with Crippen LogP contribution in [0, 0.1) is 12.8 Å². The Balaban J connectivity index is 1.61. The molecule has 26 heavy (non-hydrogen) atoms. The molecular formula is C20H27N5O. The first kappa shape index (κ1) is 18.0. The van der Waals surface area contributed by atoms with E-state index in [2.05, 4.69) is 47.6 Å². The molecular weight excluding hydrogens is 326 g/mol. The van der Waals surface area contributed by atoms with E-state index in [-0.39, 0.29) is 0 Å². The number of guanidine groups is 1. The molecule has 1 aromatic carbocycles. The standard InChI is InChI=1S/C20H27N5O/c1-4-21-20(22-12-15(2)14-25-11-7-10-24-25)23-13-19-16(3)17-8-5-6-9-18(17)26-19/h5-11,15H,4,12-14H2,1-3H3,(H2,21,22,23). The topological polar surface area (TPSA) is 67.4 Å². The molecule has 0 amide bonds. The second-order valence-corrected chi connectivity index (χ2v) is 6.56. The van der Waals surface area contributed by atoms with Gasteiger partial charge in [-0.05, 0) is 31.9 Å². The highest BCUT2D eigenvalue weighted by Gasteiger charge is 2.10. The lowest BCUT2D eigenvalue weighted by Gasteiger charge is -2.16. The maximum Gasteiger partial charge on any atom is 0.191 e. The predicted octanol–water partition coefficient (Wildman–Crippen LogP) is 3.33. The lowest BCUT2D eigenvalue weighted by atomic mass is 10.1. The third-order valence-corrected chi connectivity index (χ3v) is 4.34. The zero-order chi connectivity index (χ0) is 18.4. The van der Waals surface area contributed by atoms with E-state index in [1.54, 1.807) is 6.20 Å². The van der Waals surface area contributed by atoms with E-state index in [0.717, 1.165) is 47.9 Å². The summed E-state index contributed by atoms with van der Waals surface area (Å²) in [4.78, 5) is 4.69. The minimum atomic E-state index is 0.437. The van der Waals surface area contributed by atoms with Crippen molar-refractivity contribution >= 4 is 16.9 Å². The van der Waals surface area contributed by atoms with Crippen LogP contribution in [-0.4, -0.2) is 28.8 Å². The number of aromatic nitrogens is 2. The van der Waals surface area contributed by atoms with E-state index in [4.69, 9.17) is 4.42 Å². The molecule has 3 rings (SSSR count). The third kappa shape index (κ3) is 4.45. The molecule has 0 aliphatic rings. The summed E-state index contributed by atoms with van der Waals surface area (Å²) in [5.74, 6) is 2.15. The van der Waals surface area contributed by atoms with Gasteiger partial charge in [0.25, 0.3) is 0 Å². The highest BCUT2D eigenvalue weighted by Crippen LogP contribution is 2.25. The van der Waals surface area contributed by atoms with Crippen LogP contribution in [0.2, 0.25) is 0 Å². The number of hydrogen-bond acceptors (Lipinski definition) is 3. The van der Waals surface area contributed by atoms with E-state index in [0.29, 0.717) is 12.5 Å². The molecule has 2 N–H and O–H groups in total. The number of benzene rings is 1. The van der Waals surface area contributed by atoms with Gasteiger partial charge < -0.3 is 15.1 Å². The molecule has 0 bridgehead atoms. The molecule has 0 radical (unpaired) electrons. The first-order valence-corrected chi connectivity index (χ1v) is 9.14. The SMILES string of the molecule is CCNC(=NCc1oc2ccccc2c1C)NCC(C)Cn1cccn1. The summed E-state index contributed by atoms with van der Waals surface area (Å²) >= 11 is 0. The van der Waals surface area contributed by atoms with Crippen LogP contribution >= 0.6 is 0 Å².